The fourth-order valence-electron chi connectivity index (χ4n) is 11.1. The quantitative estimate of drug-likeness (QED) is 0.0341. The van der Waals surface area contributed by atoms with Gasteiger partial charge in [0.1, 0.15) is 105 Å². The molecule has 0 saturated heterocycles. The van der Waals surface area contributed by atoms with Crippen LogP contribution in [0.25, 0.3) is 0 Å². The maximum atomic E-state index is 13.9. The highest BCUT2D eigenvalue weighted by Crippen LogP contribution is 2.30. The van der Waals surface area contributed by atoms with Crippen LogP contribution in [0, 0.1) is 42.9 Å². The molecule has 1 unspecified atom stereocenters. The number of hydrogen-bond acceptors (Lipinski definition) is 24. The number of benzene rings is 5. The molecule has 0 bridgehead atoms. The summed E-state index contributed by atoms with van der Waals surface area (Å²) in [6.07, 6.45) is 20.1. The van der Waals surface area contributed by atoms with Gasteiger partial charge in [-0.2, -0.15) is 0 Å². The molecule has 0 aliphatic rings. The molecular formula is C91H71F6N13O10S. The number of thiazole rings is 1. The lowest BCUT2D eigenvalue weighted by Crippen LogP contribution is -2.08. The number of ketones is 5. The summed E-state index contributed by atoms with van der Waals surface area (Å²) in [5.41, 5.74) is 5.34. The van der Waals surface area contributed by atoms with Gasteiger partial charge in [0.15, 0.2) is 46.2 Å². The van der Waals surface area contributed by atoms with Gasteiger partial charge in [0.05, 0.1) is 87.4 Å². The highest BCUT2D eigenvalue weighted by Gasteiger charge is 2.20. The van der Waals surface area contributed by atoms with Gasteiger partial charge in [-0.3, -0.25) is 53.9 Å². The van der Waals surface area contributed by atoms with Crippen molar-refractivity contribution in [3.05, 3.63) is 388 Å². The molecule has 10 aromatic heterocycles. The minimum absolute atomic E-state index is 0.00957. The predicted octanol–water partition coefficient (Wildman–Crippen LogP) is 19.6. The SMILES string of the molecule is CC(F)c1nc(CC(=O)c2cc(F)cc(Oc3cncnc3)c2)ccc1F.CCc1nc(CC(=O)c2cc(F)cc(Oc3cncnc3)c2)ccc1F.Cc1cccc(CC(=O)c2cc(F)cc(Oc3cncnc3)c2)n1.Cc1csc(CC(=O)c2cccc(Oc3cccnc3)c2)n1.O=C(Cc1ccccn1)c1cccc(Oc2cccnc2)c1. The van der Waals surface area contributed by atoms with Crippen molar-refractivity contribution in [2.24, 2.45) is 0 Å². The molecule has 15 rings (SSSR count). The van der Waals surface area contributed by atoms with Crippen LogP contribution >= 0.6 is 11.3 Å². The molecule has 15 aromatic rings. The third-order valence-electron chi connectivity index (χ3n) is 16.6. The Balaban J connectivity index is 0.000000148. The van der Waals surface area contributed by atoms with Crippen LogP contribution in [-0.4, -0.2) is 93.7 Å². The molecule has 0 amide bonds. The Morgan fingerprint density at radius 2 is 0.744 bits per heavy atom. The number of nitrogens with zero attached hydrogens (tertiary/aromatic N) is 13. The summed E-state index contributed by atoms with van der Waals surface area (Å²) in [7, 11) is 0. The normalized spacial score (nSPS) is 10.7. The highest BCUT2D eigenvalue weighted by atomic mass is 32.1. The fourth-order valence-corrected chi connectivity index (χ4v) is 11.8. The van der Waals surface area contributed by atoms with Crippen molar-refractivity contribution in [3.63, 3.8) is 0 Å². The van der Waals surface area contributed by atoms with Gasteiger partial charge < -0.3 is 23.7 Å². The van der Waals surface area contributed by atoms with E-state index in [0.29, 0.717) is 75.5 Å². The number of rotatable bonds is 27. The zero-order chi connectivity index (χ0) is 85.4. The number of aromatic nitrogens is 13. The Morgan fingerprint density at radius 1 is 0.347 bits per heavy atom. The number of halogens is 6. The molecule has 1 atom stereocenters. The third kappa shape index (κ3) is 27.7. The summed E-state index contributed by atoms with van der Waals surface area (Å²) in [5.74, 6) is -0.0890. The lowest BCUT2D eigenvalue weighted by atomic mass is 10.1. The number of pyridine rings is 6. The van der Waals surface area contributed by atoms with Gasteiger partial charge >= 0.3 is 0 Å². The number of hydrogen-bond donors (Lipinski definition) is 0. The van der Waals surface area contributed by atoms with Crippen molar-refractivity contribution in [1.29, 1.82) is 0 Å². The monoisotopic (exact) mass is 1650 g/mol. The second kappa shape index (κ2) is 43.7. The number of alkyl halides is 1. The van der Waals surface area contributed by atoms with Crippen molar-refractivity contribution < 1.29 is 74.0 Å². The number of carbonyl (C=O) groups excluding carboxylic acids is 5. The van der Waals surface area contributed by atoms with Crippen LogP contribution in [0.5, 0.6) is 57.5 Å². The van der Waals surface area contributed by atoms with Gasteiger partial charge in [-0.25, -0.2) is 61.2 Å². The molecule has 5 aromatic carbocycles. The van der Waals surface area contributed by atoms with Crippen molar-refractivity contribution in [2.45, 2.75) is 72.4 Å². The lowest BCUT2D eigenvalue weighted by molar-refractivity contribution is 0.0983. The Bertz CT molecular complexity index is 6010. The van der Waals surface area contributed by atoms with E-state index in [9.17, 15) is 50.3 Å². The molecule has 0 N–H and O–H groups in total. The first-order chi connectivity index (χ1) is 58.6. The van der Waals surface area contributed by atoms with Gasteiger partial charge in [0, 0.05) is 104 Å². The van der Waals surface area contributed by atoms with Crippen LogP contribution in [0.4, 0.5) is 26.3 Å². The minimum Gasteiger partial charge on any atom is -0.456 e. The second-order valence-electron chi connectivity index (χ2n) is 26.0. The Kier molecular flexibility index (Phi) is 31.3. The zero-order valence-electron chi connectivity index (χ0n) is 65.0. The second-order valence-corrected chi connectivity index (χ2v) is 27.0. The van der Waals surface area contributed by atoms with E-state index in [1.165, 1.54) is 116 Å². The van der Waals surface area contributed by atoms with Crippen LogP contribution in [0.15, 0.2) is 281 Å². The predicted molar refractivity (Wildman–Crippen MR) is 435 cm³/mol. The molecule has 0 spiro atoms. The maximum Gasteiger partial charge on any atom is 0.169 e. The molecule has 23 nitrogen and oxygen atoms in total. The number of carbonyl (C=O) groups is 5. The molecule has 0 aliphatic heterocycles. The minimum atomic E-state index is -1.61. The average molecular weight is 1650 g/mol. The maximum absolute atomic E-state index is 13.9. The van der Waals surface area contributed by atoms with Crippen LogP contribution < -0.4 is 23.7 Å². The van der Waals surface area contributed by atoms with Gasteiger partial charge in [-0.15, -0.1) is 11.3 Å². The molecule has 0 radical (unpaired) electrons. The molecular weight excluding hydrogens is 1580 g/mol. The van der Waals surface area contributed by atoms with E-state index in [1.807, 2.05) is 79.9 Å². The van der Waals surface area contributed by atoms with Gasteiger partial charge in [-0.05, 0) is 161 Å². The van der Waals surface area contributed by atoms with E-state index in [4.69, 9.17) is 23.7 Å². The van der Waals surface area contributed by atoms with Crippen molar-refractivity contribution in [3.8, 4) is 57.5 Å². The molecule has 0 aliphatic carbocycles. The number of Topliss-reactive ketones (excluding diaryl/α,β-unsaturated/α-hetero) is 5. The van der Waals surface area contributed by atoms with E-state index in [0.717, 1.165) is 59.3 Å². The summed E-state index contributed by atoms with van der Waals surface area (Å²) >= 11 is 1.51. The summed E-state index contributed by atoms with van der Waals surface area (Å²) < 4.78 is 110. The first kappa shape index (κ1) is 86.7. The Morgan fingerprint density at radius 3 is 1.17 bits per heavy atom. The third-order valence-corrected chi connectivity index (χ3v) is 17.6. The molecule has 0 saturated carbocycles. The van der Waals surface area contributed by atoms with Gasteiger partial charge in [-0.1, -0.05) is 43.3 Å². The van der Waals surface area contributed by atoms with Crippen molar-refractivity contribution in [1.82, 2.24) is 64.8 Å². The zero-order valence-corrected chi connectivity index (χ0v) is 65.8. The molecule has 30 heteroatoms. The molecule has 608 valence electrons. The smallest absolute Gasteiger partial charge is 0.169 e. The van der Waals surface area contributed by atoms with Gasteiger partial charge in [0.2, 0.25) is 0 Å². The molecule has 10 heterocycles. The number of ether oxygens (including phenoxy) is 5. The van der Waals surface area contributed by atoms with E-state index in [-0.39, 0.29) is 99.9 Å². The van der Waals surface area contributed by atoms with Crippen LogP contribution in [-0.2, 0) is 38.5 Å². The Hall–Kier alpha value is -15.2. The number of aryl methyl sites for hydroxylation is 3. The summed E-state index contributed by atoms with van der Waals surface area (Å²) in [4.78, 5) is 114. The first-order valence-corrected chi connectivity index (χ1v) is 37.9. The fraction of sp³-hybridized carbons (Fsp3) is 0.121. The van der Waals surface area contributed by atoms with Crippen molar-refractivity contribution >= 4 is 40.3 Å². The average Bonchev–Trinajstić information content (AvgIpc) is 1.75. The van der Waals surface area contributed by atoms with Gasteiger partial charge in [0.25, 0.3) is 0 Å². The van der Waals surface area contributed by atoms with E-state index in [1.54, 1.807) is 86.4 Å². The molecule has 0 fully saturated rings. The largest absolute Gasteiger partial charge is 0.456 e. The highest BCUT2D eigenvalue weighted by molar-refractivity contribution is 7.09. The summed E-state index contributed by atoms with van der Waals surface area (Å²) in [6, 6.07) is 48.7. The summed E-state index contributed by atoms with van der Waals surface area (Å²) in [5, 5.41) is 2.78. The molecule has 121 heavy (non-hydrogen) atoms. The van der Waals surface area contributed by atoms with Crippen LogP contribution in [0.3, 0.4) is 0 Å². The van der Waals surface area contributed by atoms with E-state index in [2.05, 4.69) is 64.8 Å². The topological polar surface area (TPSA) is 299 Å². The standard InChI is InChI=1S/C19H14F3N3O2.C19H15F2N3O2.C18H14FN3O2.C18H14N2O2.C17H14N2O2S/c1-11(20)19-17(22)3-2-14(25-19)7-18(26)12-4-13(21)6-15(5-12)27-16-8-23-10-24-9-16;1-2-18-17(21)4-3-14(24-18)8-19(25)12-5-13(20)7-15(6-12)26-16-9-22-11-23-10-16;1-12-3-2-4-15(22-12)8-18(23)13-5-14(19)7-16(6-13)24-17-9-20-11-21-10-17;21-18(12-15-6-1-2-10-20-15)14-5-3-7-16(11-14)22-17-8-4-9-19-13-17;1-12-11-22-17(19-12)9-16(20)13-4-2-5-14(8-13)21-15-6-3-7-18-10-15/h2-6,8-11H,7H2,1H3;3-7,9-11H,2,8H2,1H3;2-7,9-11H,8H2,1H3;1-11,13H,12H2;2-8,10-11H,9H2,1H3. The van der Waals surface area contributed by atoms with E-state index < -0.39 is 41.0 Å². The lowest BCUT2D eigenvalue weighted by Gasteiger charge is -2.09. The van der Waals surface area contributed by atoms with Crippen LogP contribution in [0.2, 0.25) is 0 Å². The first-order valence-electron chi connectivity index (χ1n) is 37.0. The van der Waals surface area contributed by atoms with Crippen LogP contribution in [0.1, 0.15) is 122 Å². The van der Waals surface area contributed by atoms with Crippen molar-refractivity contribution in [2.75, 3.05) is 0 Å². The Labute approximate surface area is 693 Å². The summed E-state index contributed by atoms with van der Waals surface area (Å²) in [6.45, 7) is 6.71. The van der Waals surface area contributed by atoms with E-state index >= 15 is 0 Å².